The first kappa shape index (κ1) is 19.2. The number of carbonyl (C=O) groups is 3. The molecule has 0 bridgehead atoms. The van der Waals surface area contributed by atoms with Gasteiger partial charge < -0.3 is 9.47 Å². The van der Waals surface area contributed by atoms with E-state index in [2.05, 4.69) is 4.99 Å². The SMILES string of the molecule is CC[C@H]1SC2=NC(C)=C(C(=O)OC)[C@@H](c3ccc(OC(C)=O)cc3)N2C1=O. The highest BCUT2D eigenvalue weighted by Crippen LogP contribution is 2.44. The Hall–Kier alpha value is -2.61. The van der Waals surface area contributed by atoms with Crippen molar-refractivity contribution in [2.45, 2.75) is 38.5 Å². The number of thioether (sulfide) groups is 1. The van der Waals surface area contributed by atoms with E-state index in [1.807, 2.05) is 6.92 Å². The number of allylic oxidation sites excluding steroid dienone is 1. The molecule has 1 aromatic carbocycles. The van der Waals surface area contributed by atoms with E-state index in [-0.39, 0.29) is 11.2 Å². The first-order chi connectivity index (χ1) is 12.9. The number of hydrogen-bond donors (Lipinski definition) is 0. The first-order valence-corrected chi connectivity index (χ1v) is 9.41. The molecule has 27 heavy (non-hydrogen) atoms. The molecule has 0 saturated carbocycles. The summed E-state index contributed by atoms with van der Waals surface area (Å²) >= 11 is 1.41. The van der Waals surface area contributed by atoms with E-state index >= 15 is 0 Å². The largest absolute Gasteiger partial charge is 0.466 e. The molecule has 142 valence electrons. The summed E-state index contributed by atoms with van der Waals surface area (Å²) in [5.74, 6) is -0.631. The summed E-state index contributed by atoms with van der Waals surface area (Å²) in [5.41, 5.74) is 1.56. The Bertz CT molecular complexity index is 859. The number of ether oxygens (including phenoxy) is 2. The minimum Gasteiger partial charge on any atom is -0.466 e. The van der Waals surface area contributed by atoms with Crippen LogP contribution >= 0.6 is 11.8 Å². The average Bonchev–Trinajstić information content (AvgIpc) is 2.95. The monoisotopic (exact) mass is 388 g/mol. The van der Waals surface area contributed by atoms with Gasteiger partial charge in [0.05, 0.1) is 29.7 Å². The molecule has 0 radical (unpaired) electrons. The lowest BCUT2D eigenvalue weighted by molar-refractivity contribution is -0.137. The molecular weight excluding hydrogens is 368 g/mol. The fraction of sp³-hybridized carbons (Fsp3) is 0.368. The van der Waals surface area contributed by atoms with Crippen molar-refractivity contribution in [3.63, 3.8) is 0 Å². The van der Waals surface area contributed by atoms with Crippen LogP contribution in [0.3, 0.4) is 0 Å². The standard InChI is InChI=1S/C19H20N2O5S/c1-5-14-17(23)21-16(12-6-8-13(9-7-12)26-11(3)22)15(18(24)25-4)10(2)20-19(21)27-14/h6-9,14,16H,5H2,1-4H3/t14-,16-/m1/s1. The number of benzene rings is 1. The van der Waals surface area contributed by atoms with Crippen LogP contribution in [-0.2, 0) is 19.1 Å². The zero-order valence-electron chi connectivity index (χ0n) is 15.5. The molecule has 1 aromatic rings. The van der Waals surface area contributed by atoms with E-state index in [4.69, 9.17) is 9.47 Å². The van der Waals surface area contributed by atoms with Crippen LogP contribution in [-0.4, -0.2) is 40.3 Å². The van der Waals surface area contributed by atoms with Gasteiger partial charge in [0.1, 0.15) is 5.75 Å². The quantitative estimate of drug-likeness (QED) is 0.582. The topological polar surface area (TPSA) is 85.3 Å². The predicted molar refractivity (Wildman–Crippen MR) is 101 cm³/mol. The number of rotatable bonds is 4. The molecule has 0 spiro atoms. The zero-order valence-corrected chi connectivity index (χ0v) is 16.3. The number of hydrogen-bond acceptors (Lipinski definition) is 7. The van der Waals surface area contributed by atoms with Crippen LogP contribution < -0.4 is 4.74 Å². The van der Waals surface area contributed by atoms with Gasteiger partial charge in [-0.15, -0.1) is 0 Å². The van der Waals surface area contributed by atoms with Crippen molar-refractivity contribution in [2.75, 3.05) is 7.11 Å². The minimum absolute atomic E-state index is 0.0794. The number of carbonyl (C=O) groups excluding carboxylic acids is 3. The van der Waals surface area contributed by atoms with Gasteiger partial charge in [-0.2, -0.15) is 0 Å². The summed E-state index contributed by atoms with van der Waals surface area (Å²) in [7, 11) is 1.30. The Labute approximate surface area is 161 Å². The smallest absolute Gasteiger partial charge is 0.338 e. The van der Waals surface area contributed by atoms with Crippen LogP contribution in [0.4, 0.5) is 0 Å². The van der Waals surface area contributed by atoms with E-state index in [9.17, 15) is 14.4 Å². The molecule has 0 aliphatic carbocycles. The van der Waals surface area contributed by atoms with Crippen LogP contribution in [0.15, 0.2) is 40.5 Å². The lowest BCUT2D eigenvalue weighted by atomic mass is 9.94. The first-order valence-electron chi connectivity index (χ1n) is 8.53. The molecule has 2 atom stereocenters. The van der Waals surface area contributed by atoms with Gasteiger partial charge in [-0.05, 0) is 31.0 Å². The number of amidine groups is 1. The highest BCUT2D eigenvalue weighted by atomic mass is 32.2. The highest BCUT2D eigenvalue weighted by Gasteiger charge is 2.47. The molecule has 2 heterocycles. The van der Waals surface area contributed by atoms with E-state index in [0.717, 1.165) is 0 Å². The Morgan fingerprint density at radius 3 is 2.48 bits per heavy atom. The second-order valence-electron chi connectivity index (χ2n) is 6.17. The Kier molecular flexibility index (Phi) is 5.36. The second kappa shape index (κ2) is 7.56. The molecule has 1 amide bonds. The average molecular weight is 388 g/mol. The molecule has 1 fully saturated rings. The second-order valence-corrected chi connectivity index (χ2v) is 7.34. The molecular formula is C19H20N2O5S. The number of fused-ring (bicyclic) bond motifs is 1. The van der Waals surface area contributed by atoms with Gasteiger partial charge in [-0.3, -0.25) is 14.5 Å². The van der Waals surface area contributed by atoms with E-state index in [0.29, 0.717) is 34.2 Å². The van der Waals surface area contributed by atoms with Crippen molar-refractivity contribution in [3.8, 4) is 5.75 Å². The van der Waals surface area contributed by atoms with Crippen molar-refractivity contribution < 1.29 is 23.9 Å². The minimum atomic E-state index is -0.632. The summed E-state index contributed by atoms with van der Waals surface area (Å²) in [6, 6.07) is 6.11. The van der Waals surface area contributed by atoms with Crippen molar-refractivity contribution in [1.29, 1.82) is 0 Å². The number of esters is 2. The van der Waals surface area contributed by atoms with Gasteiger partial charge in [-0.1, -0.05) is 30.8 Å². The maximum absolute atomic E-state index is 12.9. The van der Waals surface area contributed by atoms with E-state index < -0.39 is 18.0 Å². The van der Waals surface area contributed by atoms with Crippen molar-refractivity contribution >= 4 is 34.8 Å². The van der Waals surface area contributed by atoms with Crippen LogP contribution in [0.25, 0.3) is 0 Å². The van der Waals surface area contributed by atoms with Crippen molar-refractivity contribution in [3.05, 3.63) is 41.1 Å². The molecule has 3 rings (SSSR count). The third-order valence-corrected chi connectivity index (χ3v) is 5.70. The summed E-state index contributed by atoms with van der Waals surface area (Å²) < 4.78 is 10.0. The van der Waals surface area contributed by atoms with Gasteiger partial charge in [0.25, 0.3) is 0 Å². The highest BCUT2D eigenvalue weighted by molar-refractivity contribution is 8.15. The van der Waals surface area contributed by atoms with Crippen LogP contribution in [0.2, 0.25) is 0 Å². The third-order valence-electron chi connectivity index (χ3n) is 4.38. The maximum Gasteiger partial charge on any atom is 0.338 e. The van der Waals surface area contributed by atoms with Gasteiger partial charge >= 0.3 is 11.9 Å². The van der Waals surface area contributed by atoms with Gasteiger partial charge in [0.2, 0.25) is 5.91 Å². The molecule has 8 heteroatoms. The number of methoxy groups -OCH3 is 1. The van der Waals surface area contributed by atoms with E-state index in [1.54, 1.807) is 36.1 Å². The Morgan fingerprint density at radius 2 is 1.93 bits per heavy atom. The molecule has 2 aliphatic rings. The number of nitrogens with zero attached hydrogens (tertiary/aromatic N) is 2. The molecule has 1 saturated heterocycles. The van der Waals surface area contributed by atoms with Crippen molar-refractivity contribution in [2.24, 2.45) is 4.99 Å². The molecule has 7 nitrogen and oxygen atoms in total. The summed E-state index contributed by atoms with van der Waals surface area (Å²) in [5, 5.41) is 0.363. The molecule has 2 aliphatic heterocycles. The lowest BCUT2D eigenvalue weighted by Gasteiger charge is -2.32. The van der Waals surface area contributed by atoms with Gasteiger partial charge in [0.15, 0.2) is 5.17 Å². The van der Waals surface area contributed by atoms with Crippen LogP contribution in [0, 0.1) is 0 Å². The number of aliphatic imine (C=N–C) groups is 1. The van der Waals surface area contributed by atoms with Crippen LogP contribution in [0.5, 0.6) is 5.75 Å². The maximum atomic E-state index is 12.9. The Balaban J connectivity index is 2.07. The molecule has 0 unspecified atom stereocenters. The summed E-state index contributed by atoms with van der Waals surface area (Å²) in [6.45, 7) is 5.00. The van der Waals surface area contributed by atoms with Crippen LogP contribution in [0.1, 0.15) is 38.8 Å². The predicted octanol–water partition coefficient (Wildman–Crippen LogP) is 2.82. The summed E-state index contributed by atoms with van der Waals surface area (Å²) in [4.78, 5) is 42.5. The normalized spacial score (nSPS) is 21.7. The van der Waals surface area contributed by atoms with Gasteiger partial charge in [0, 0.05) is 6.92 Å². The lowest BCUT2D eigenvalue weighted by Crippen LogP contribution is -2.40. The number of amides is 1. The zero-order chi connectivity index (χ0) is 19.7. The molecule has 0 N–H and O–H groups in total. The Morgan fingerprint density at radius 1 is 1.26 bits per heavy atom. The van der Waals surface area contributed by atoms with E-state index in [1.165, 1.54) is 25.8 Å². The van der Waals surface area contributed by atoms with Crippen molar-refractivity contribution in [1.82, 2.24) is 4.90 Å². The molecule has 0 aromatic heterocycles. The van der Waals surface area contributed by atoms with Gasteiger partial charge in [-0.25, -0.2) is 9.79 Å². The fourth-order valence-corrected chi connectivity index (χ4v) is 4.29. The summed E-state index contributed by atoms with van der Waals surface area (Å²) in [6.07, 6.45) is 0.670. The third kappa shape index (κ3) is 3.49. The fourth-order valence-electron chi connectivity index (χ4n) is 3.16.